The lowest BCUT2D eigenvalue weighted by Crippen LogP contribution is -2.03. The molecule has 5 nitrogen and oxygen atoms in total. The standard InChI is InChI=1S/C16H17F2N5S/c17-15(18)23-12-8-4-3-7-11(12)19-13(23)9-24-16-20-14(21-22-16)10-5-1-2-6-10/h3-4,7-8,10,15H,1-2,5-6,9H2,(H,20,21,22). The monoisotopic (exact) mass is 349 g/mol. The second-order valence-electron chi connectivity index (χ2n) is 5.94. The Hall–Kier alpha value is -1.96. The first-order valence-corrected chi connectivity index (χ1v) is 9.00. The molecule has 0 aliphatic heterocycles. The molecule has 126 valence electrons. The third-order valence-electron chi connectivity index (χ3n) is 4.42. The largest absolute Gasteiger partial charge is 0.320 e. The van der Waals surface area contributed by atoms with E-state index in [4.69, 9.17) is 0 Å². The van der Waals surface area contributed by atoms with Crippen LogP contribution in [0.5, 0.6) is 0 Å². The zero-order valence-electron chi connectivity index (χ0n) is 13.0. The SMILES string of the molecule is FC(F)n1c(CSc2n[nH]c(C3CCCC3)n2)nc2ccccc21. The van der Waals surface area contributed by atoms with Crippen molar-refractivity contribution in [3.8, 4) is 0 Å². The summed E-state index contributed by atoms with van der Waals surface area (Å²) in [5.74, 6) is 2.01. The number of hydrogen-bond acceptors (Lipinski definition) is 4. The normalized spacial score (nSPS) is 15.8. The molecule has 1 fully saturated rings. The van der Waals surface area contributed by atoms with E-state index in [1.54, 1.807) is 24.3 Å². The molecule has 0 spiro atoms. The molecule has 0 radical (unpaired) electrons. The second kappa shape index (κ2) is 6.51. The van der Waals surface area contributed by atoms with Gasteiger partial charge in [0.15, 0.2) is 0 Å². The molecule has 0 amide bonds. The van der Waals surface area contributed by atoms with Crippen molar-refractivity contribution >= 4 is 22.8 Å². The van der Waals surface area contributed by atoms with E-state index < -0.39 is 6.55 Å². The van der Waals surface area contributed by atoms with Gasteiger partial charge in [-0.25, -0.2) is 9.97 Å². The van der Waals surface area contributed by atoms with Crippen molar-refractivity contribution in [1.82, 2.24) is 24.7 Å². The Bertz CT molecular complexity index is 838. The minimum absolute atomic E-state index is 0.307. The van der Waals surface area contributed by atoms with Gasteiger partial charge in [-0.15, -0.1) is 5.10 Å². The van der Waals surface area contributed by atoms with Crippen LogP contribution in [0.4, 0.5) is 8.78 Å². The molecule has 24 heavy (non-hydrogen) atoms. The summed E-state index contributed by atoms with van der Waals surface area (Å²) in [6.07, 6.45) is 4.74. The number of alkyl halides is 2. The molecular formula is C16H17F2N5S. The number of H-pyrrole nitrogens is 1. The first kappa shape index (κ1) is 15.6. The lowest BCUT2D eigenvalue weighted by Gasteiger charge is -2.06. The van der Waals surface area contributed by atoms with Crippen molar-refractivity contribution in [2.45, 2.75) is 49.1 Å². The smallest absolute Gasteiger partial charge is 0.269 e. The fourth-order valence-electron chi connectivity index (χ4n) is 3.25. The molecule has 2 heterocycles. The Kier molecular flexibility index (Phi) is 4.22. The first-order valence-electron chi connectivity index (χ1n) is 8.01. The number of thioether (sulfide) groups is 1. The van der Waals surface area contributed by atoms with E-state index in [2.05, 4.69) is 20.2 Å². The molecule has 1 N–H and O–H groups in total. The molecule has 0 bridgehead atoms. The number of hydrogen-bond donors (Lipinski definition) is 1. The highest BCUT2D eigenvalue weighted by atomic mass is 32.2. The minimum Gasteiger partial charge on any atom is -0.269 e. The van der Waals surface area contributed by atoms with Crippen LogP contribution < -0.4 is 0 Å². The van der Waals surface area contributed by atoms with Crippen molar-refractivity contribution in [2.24, 2.45) is 0 Å². The van der Waals surface area contributed by atoms with Gasteiger partial charge in [0.25, 0.3) is 0 Å². The second-order valence-corrected chi connectivity index (χ2v) is 6.88. The van der Waals surface area contributed by atoms with Crippen LogP contribution in [0.15, 0.2) is 29.4 Å². The fraction of sp³-hybridized carbons (Fsp3) is 0.438. The van der Waals surface area contributed by atoms with Crippen LogP contribution in [0.25, 0.3) is 11.0 Å². The number of nitrogens with zero attached hydrogens (tertiary/aromatic N) is 4. The Morgan fingerprint density at radius 3 is 2.79 bits per heavy atom. The summed E-state index contributed by atoms with van der Waals surface area (Å²) in [5.41, 5.74) is 1.03. The molecule has 0 atom stereocenters. The van der Waals surface area contributed by atoms with Crippen LogP contribution in [0.3, 0.4) is 0 Å². The van der Waals surface area contributed by atoms with E-state index in [0.29, 0.717) is 33.7 Å². The average Bonchev–Trinajstić information content (AvgIpc) is 3.30. The number of nitrogens with one attached hydrogen (secondary N) is 1. The number of halogens is 2. The van der Waals surface area contributed by atoms with E-state index >= 15 is 0 Å². The number of aromatic nitrogens is 5. The molecule has 3 aromatic rings. The number of benzene rings is 1. The summed E-state index contributed by atoms with van der Waals surface area (Å²) in [6.45, 7) is -2.62. The maximum atomic E-state index is 13.4. The van der Waals surface area contributed by atoms with Crippen molar-refractivity contribution < 1.29 is 8.78 Å². The van der Waals surface area contributed by atoms with Crippen LogP contribution in [-0.4, -0.2) is 24.7 Å². The minimum atomic E-state index is -2.62. The van der Waals surface area contributed by atoms with Gasteiger partial charge in [-0.1, -0.05) is 36.7 Å². The Morgan fingerprint density at radius 2 is 2.00 bits per heavy atom. The van der Waals surface area contributed by atoms with E-state index in [0.717, 1.165) is 23.2 Å². The van der Waals surface area contributed by atoms with E-state index in [1.165, 1.54) is 24.6 Å². The molecule has 2 aromatic heterocycles. The Labute approximate surface area is 141 Å². The molecule has 8 heteroatoms. The Morgan fingerprint density at radius 1 is 1.21 bits per heavy atom. The highest BCUT2D eigenvalue weighted by molar-refractivity contribution is 7.98. The van der Waals surface area contributed by atoms with Gasteiger partial charge >= 0.3 is 6.55 Å². The fourth-order valence-corrected chi connectivity index (χ4v) is 3.98. The molecule has 1 saturated carbocycles. The molecule has 1 aromatic carbocycles. The lowest BCUT2D eigenvalue weighted by molar-refractivity contribution is 0.0722. The summed E-state index contributed by atoms with van der Waals surface area (Å²) in [7, 11) is 0. The van der Waals surface area contributed by atoms with Gasteiger partial charge in [0.05, 0.1) is 16.8 Å². The van der Waals surface area contributed by atoms with E-state index in [9.17, 15) is 8.78 Å². The maximum Gasteiger partial charge on any atom is 0.320 e. The van der Waals surface area contributed by atoms with Crippen LogP contribution in [-0.2, 0) is 5.75 Å². The predicted octanol–water partition coefficient (Wildman–Crippen LogP) is 4.50. The zero-order valence-corrected chi connectivity index (χ0v) is 13.8. The number of imidazole rings is 1. The maximum absolute atomic E-state index is 13.4. The first-order chi connectivity index (χ1) is 11.7. The third-order valence-corrected chi connectivity index (χ3v) is 5.26. The molecule has 0 unspecified atom stereocenters. The summed E-state index contributed by atoms with van der Waals surface area (Å²) < 4.78 is 27.8. The average molecular weight is 349 g/mol. The molecule has 4 rings (SSSR count). The molecule has 0 saturated heterocycles. The predicted molar refractivity (Wildman–Crippen MR) is 88.1 cm³/mol. The van der Waals surface area contributed by atoms with Crippen LogP contribution in [0, 0.1) is 0 Å². The van der Waals surface area contributed by atoms with Gasteiger partial charge in [-0.05, 0) is 25.0 Å². The topological polar surface area (TPSA) is 59.4 Å². The summed E-state index contributed by atoms with van der Waals surface area (Å²) in [5, 5.41) is 7.78. The number of rotatable bonds is 5. The number of para-hydroxylation sites is 2. The summed E-state index contributed by atoms with van der Waals surface area (Å²) in [6, 6.07) is 6.94. The highest BCUT2D eigenvalue weighted by Crippen LogP contribution is 2.33. The van der Waals surface area contributed by atoms with E-state index in [-0.39, 0.29) is 0 Å². The van der Waals surface area contributed by atoms with Crippen LogP contribution >= 0.6 is 11.8 Å². The van der Waals surface area contributed by atoms with Crippen molar-refractivity contribution in [3.05, 3.63) is 35.9 Å². The molecular weight excluding hydrogens is 332 g/mol. The summed E-state index contributed by atoms with van der Waals surface area (Å²) in [4.78, 5) is 8.84. The van der Waals surface area contributed by atoms with E-state index in [1.807, 2.05) is 0 Å². The van der Waals surface area contributed by atoms with Gasteiger partial charge in [-0.3, -0.25) is 9.67 Å². The van der Waals surface area contributed by atoms with Crippen LogP contribution in [0.1, 0.15) is 49.8 Å². The molecule has 1 aliphatic rings. The van der Waals surface area contributed by atoms with Gasteiger partial charge in [0.1, 0.15) is 11.6 Å². The van der Waals surface area contributed by atoms with Crippen molar-refractivity contribution in [1.29, 1.82) is 0 Å². The zero-order chi connectivity index (χ0) is 16.5. The lowest BCUT2D eigenvalue weighted by atomic mass is 10.1. The number of aromatic amines is 1. The summed E-state index contributed by atoms with van der Waals surface area (Å²) >= 11 is 1.33. The van der Waals surface area contributed by atoms with Gasteiger partial charge in [0, 0.05) is 5.92 Å². The quantitative estimate of drug-likeness (QED) is 0.689. The van der Waals surface area contributed by atoms with Gasteiger partial charge in [-0.2, -0.15) is 8.78 Å². The van der Waals surface area contributed by atoms with Crippen LogP contribution in [0.2, 0.25) is 0 Å². The molecule has 1 aliphatic carbocycles. The number of fused-ring (bicyclic) bond motifs is 1. The van der Waals surface area contributed by atoms with Gasteiger partial charge in [0.2, 0.25) is 5.16 Å². The Balaban J connectivity index is 1.53. The highest BCUT2D eigenvalue weighted by Gasteiger charge is 2.22. The van der Waals surface area contributed by atoms with Gasteiger partial charge < -0.3 is 0 Å². The third kappa shape index (κ3) is 2.90. The van der Waals surface area contributed by atoms with Crippen molar-refractivity contribution in [2.75, 3.05) is 0 Å². The van der Waals surface area contributed by atoms with Crippen molar-refractivity contribution in [3.63, 3.8) is 0 Å².